The molecule has 0 saturated heterocycles. The van der Waals surface area contributed by atoms with E-state index in [4.69, 9.17) is 0 Å². The van der Waals surface area contributed by atoms with E-state index in [9.17, 15) is 13.2 Å². The molecular formula is C20H29F3IN5S. The second-order valence-corrected chi connectivity index (χ2v) is 7.72. The van der Waals surface area contributed by atoms with Gasteiger partial charge in [0.05, 0.1) is 16.9 Å². The molecule has 0 fully saturated rings. The minimum atomic E-state index is -4.46. The lowest BCUT2D eigenvalue weighted by Gasteiger charge is -2.17. The molecular weight excluding hydrogens is 526 g/mol. The predicted molar refractivity (Wildman–Crippen MR) is 129 cm³/mol. The second-order valence-electron chi connectivity index (χ2n) is 6.73. The lowest BCUT2D eigenvalue weighted by Crippen LogP contribution is -2.37. The van der Waals surface area contributed by atoms with Crippen molar-refractivity contribution in [2.75, 3.05) is 25.6 Å². The van der Waals surface area contributed by atoms with Crippen molar-refractivity contribution in [1.29, 1.82) is 0 Å². The number of aryl methyl sites for hydroxylation is 2. The quantitative estimate of drug-likeness (QED) is 0.210. The summed E-state index contributed by atoms with van der Waals surface area (Å²) in [4.78, 5) is 4.09. The molecule has 0 saturated carbocycles. The molecule has 0 bridgehead atoms. The standard InChI is InChI=1S/C20H28F3N5S.HI/c1-14-11-15(2)28(27-14)17-8-7-16(18(12-17)20(21,22)23)13-26-19(24-3)25-9-5-6-10-29-4;/h7-8,11-12H,5-6,9-10,13H2,1-4H3,(H2,24,25,26);1H. The summed E-state index contributed by atoms with van der Waals surface area (Å²) in [6.45, 7) is 4.38. The number of hydrogen-bond acceptors (Lipinski definition) is 3. The van der Waals surface area contributed by atoms with Gasteiger partial charge in [-0.1, -0.05) is 6.07 Å². The summed E-state index contributed by atoms with van der Waals surface area (Å²) in [7, 11) is 1.60. The first kappa shape index (κ1) is 26.6. The molecule has 0 aliphatic rings. The third-order valence-corrected chi connectivity index (χ3v) is 5.09. The third-order valence-electron chi connectivity index (χ3n) is 4.39. The summed E-state index contributed by atoms with van der Waals surface area (Å²) in [5, 5.41) is 10.4. The lowest BCUT2D eigenvalue weighted by atomic mass is 10.1. The minimum absolute atomic E-state index is 0. The van der Waals surface area contributed by atoms with Crippen LogP contribution in [0.15, 0.2) is 29.3 Å². The summed E-state index contributed by atoms with van der Waals surface area (Å²) in [6.07, 6.45) is -0.339. The third kappa shape index (κ3) is 7.68. The van der Waals surface area contributed by atoms with Crippen molar-refractivity contribution in [2.24, 2.45) is 4.99 Å². The molecule has 0 radical (unpaired) electrons. The maximum absolute atomic E-state index is 13.7. The molecule has 0 aliphatic carbocycles. The van der Waals surface area contributed by atoms with Gasteiger partial charge in [-0.3, -0.25) is 4.99 Å². The van der Waals surface area contributed by atoms with Crippen LogP contribution in [0.25, 0.3) is 5.69 Å². The van der Waals surface area contributed by atoms with E-state index in [0.717, 1.165) is 42.6 Å². The number of hydrogen-bond donors (Lipinski definition) is 2. The number of nitrogens with one attached hydrogen (secondary N) is 2. The van der Waals surface area contributed by atoms with E-state index in [0.29, 0.717) is 11.6 Å². The van der Waals surface area contributed by atoms with Crippen molar-refractivity contribution < 1.29 is 13.2 Å². The number of aliphatic imine (C=N–C) groups is 1. The van der Waals surface area contributed by atoms with Crippen molar-refractivity contribution in [3.05, 3.63) is 46.8 Å². The maximum atomic E-state index is 13.7. The van der Waals surface area contributed by atoms with E-state index in [1.807, 2.05) is 19.9 Å². The molecule has 2 N–H and O–H groups in total. The highest BCUT2D eigenvalue weighted by atomic mass is 127. The molecule has 1 aromatic heterocycles. The van der Waals surface area contributed by atoms with Crippen molar-refractivity contribution in [3.63, 3.8) is 0 Å². The van der Waals surface area contributed by atoms with Crippen LogP contribution in [0, 0.1) is 13.8 Å². The number of benzene rings is 1. The molecule has 5 nitrogen and oxygen atoms in total. The maximum Gasteiger partial charge on any atom is 0.416 e. The van der Waals surface area contributed by atoms with Gasteiger partial charge in [0.25, 0.3) is 0 Å². The van der Waals surface area contributed by atoms with E-state index in [1.54, 1.807) is 24.9 Å². The second kappa shape index (κ2) is 12.4. The Balaban J connectivity index is 0.00000450. The molecule has 0 amide bonds. The zero-order valence-corrected chi connectivity index (χ0v) is 20.8. The number of thioether (sulfide) groups is 1. The van der Waals surface area contributed by atoms with E-state index >= 15 is 0 Å². The number of aromatic nitrogens is 2. The number of rotatable bonds is 8. The number of guanidine groups is 1. The molecule has 2 aromatic rings. The molecule has 168 valence electrons. The van der Waals surface area contributed by atoms with Gasteiger partial charge in [-0.05, 0) is 62.5 Å². The Kier molecular flexibility index (Phi) is 11.0. The van der Waals surface area contributed by atoms with Gasteiger partial charge in [-0.2, -0.15) is 30.0 Å². The van der Waals surface area contributed by atoms with Gasteiger partial charge in [0.1, 0.15) is 0 Å². The van der Waals surface area contributed by atoms with Crippen LogP contribution in [0.1, 0.15) is 35.4 Å². The van der Waals surface area contributed by atoms with Crippen LogP contribution in [-0.4, -0.2) is 41.3 Å². The van der Waals surface area contributed by atoms with E-state index in [2.05, 4.69) is 27.0 Å². The summed E-state index contributed by atoms with van der Waals surface area (Å²) in [5.74, 6) is 1.58. The molecule has 1 aromatic carbocycles. The van der Waals surface area contributed by atoms with Gasteiger partial charge in [-0.15, -0.1) is 24.0 Å². The van der Waals surface area contributed by atoms with Gasteiger partial charge in [0, 0.05) is 25.8 Å². The lowest BCUT2D eigenvalue weighted by molar-refractivity contribution is -0.138. The Morgan fingerprint density at radius 1 is 1.17 bits per heavy atom. The van der Waals surface area contributed by atoms with Crippen molar-refractivity contribution in [3.8, 4) is 5.69 Å². The van der Waals surface area contributed by atoms with Crippen LogP contribution < -0.4 is 10.6 Å². The average molecular weight is 555 g/mol. The fourth-order valence-electron chi connectivity index (χ4n) is 2.98. The van der Waals surface area contributed by atoms with Crippen LogP contribution in [0.3, 0.4) is 0 Å². The summed E-state index contributed by atoms with van der Waals surface area (Å²) >= 11 is 1.79. The van der Waals surface area contributed by atoms with Gasteiger partial charge in [-0.25, -0.2) is 4.68 Å². The fourth-order valence-corrected chi connectivity index (χ4v) is 3.48. The molecule has 2 rings (SSSR count). The fraction of sp³-hybridized carbons (Fsp3) is 0.500. The molecule has 0 aliphatic heterocycles. The van der Waals surface area contributed by atoms with Gasteiger partial charge in [0.15, 0.2) is 5.96 Å². The first-order valence-corrected chi connectivity index (χ1v) is 10.8. The molecule has 1 heterocycles. The van der Waals surface area contributed by atoms with E-state index in [-0.39, 0.29) is 36.1 Å². The van der Waals surface area contributed by atoms with Gasteiger partial charge in [0.2, 0.25) is 0 Å². The highest BCUT2D eigenvalue weighted by Crippen LogP contribution is 2.33. The van der Waals surface area contributed by atoms with Crippen LogP contribution in [0.5, 0.6) is 0 Å². The Labute approximate surface area is 197 Å². The highest BCUT2D eigenvalue weighted by molar-refractivity contribution is 14.0. The smallest absolute Gasteiger partial charge is 0.356 e. The van der Waals surface area contributed by atoms with Gasteiger partial charge < -0.3 is 10.6 Å². The zero-order valence-electron chi connectivity index (χ0n) is 17.6. The van der Waals surface area contributed by atoms with E-state index in [1.165, 1.54) is 10.7 Å². The van der Waals surface area contributed by atoms with Crippen LogP contribution in [-0.2, 0) is 12.7 Å². The molecule has 0 unspecified atom stereocenters. The summed E-state index contributed by atoms with van der Waals surface area (Å²) < 4.78 is 42.5. The van der Waals surface area contributed by atoms with Crippen LogP contribution >= 0.6 is 35.7 Å². The number of halogens is 4. The topological polar surface area (TPSA) is 54.2 Å². The first-order valence-electron chi connectivity index (χ1n) is 9.43. The number of nitrogens with zero attached hydrogens (tertiary/aromatic N) is 3. The average Bonchev–Trinajstić information content (AvgIpc) is 3.01. The zero-order chi connectivity index (χ0) is 21.4. The van der Waals surface area contributed by atoms with Crippen LogP contribution in [0.4, 0.5) is 13.2 Å². The molecule has 10 heteroatoms. The normalized spacial score (nSPS) is 11.9. The molecule has 0 atom stereocenters. The highest BCUT2D eigenvalue weighted by Gasteiger charge is 2.33. The van der Waals surface area contributed by atoms with E-state index < -0.39 is 11.7 Å². The predicted octanol–water partition coefficient (Wildman–Crippen LogP) is 4.93. The number of unbranched alkanes of at least 4 members (excludes halogenated alkanes) is 1. The monoisotopic (exact) mass is 555 g/mol. The number of alkyl halides is 3. The first-order chi connectivity index (χ1) is 13.8. The largest absolute Gasteiger partial charge is 0.416 e. The van der Waals surface area contributed by atoms with Crippen molar-refractivity contribution >= 4 is 41.7 Å². The minimum Gasteiger partial charge on any atom is -0.356 e. The molecule has 0 spiro atoms. The summed E-state index contributed by atoms with van der Waals surface area (Å²) in [5.41, 5.74) is 1.42. The van der Waals surface area contributed by atoms with Crippen LogP contribution in [0.2, 0.25) is 0 Å². The Morgan fingerprint density at radius 2 is 1.90 bits per heavy atom. The Hall–Kier alpha value is -1.43. The SMILES string of the molecule is CN=C(NCCCCSC)NCc1ccc(-n2nc(C)cc2C)cc1C(F)(F)F.I. The Morgan fingerprint density at radius 3 is 2.47 bits per heavy atom. The Bertz CT molecular complexity index is 836. The van der Waals surface area contributed by atoms with Gasteiger partial charge >= 0.3 is 6.18 Å². The van der Waals surface area contributed by atoms with Crippen molar-refractivity contribution in [2.45, 2.75) is 39.4 Å². The summed E-state index contributed by atoms with van der Waals surface area (Å²) in [6, 6.07) is 6.13. The van der Waals surface area contributed by atoms with Crippen molar-refractivity contribution in [1.82, 2.24) is 20.4 Å². The molecule has 30 heavy (non-hydrogen) atoms.